The van der Waals surface area contributed by atoms with Crippen LogP contribution in [0.2, 0.25) is 5.02 Å². The molecule has 1 rings (SSSR count). The Morgan fingerprint density at radius 1 is 1.27 bits per heavy atom. The van der Waals surface area contributed by atoms with E-state index in [0.29, 0.717) is 0 Å². The van der Waals surface area contributed by atoms with Gasteiger partial charge in [0.05, 0.1) is 0 Å². The first kappa shape index (κ1) is 12.9. The molecule has 1 nitrogen and oxygen atoms in total. The summed E-state index contributed by atoms with van der Waals surface area (Å²) in [7, 11) is 0. The third kappa shape index (κ3) is 4.92. The van der Waals surface area contributed by atoms with E-state index in [1.807, 2.05) is 30.0 Å². The molecule has 1 aromatic rings. The Morgan fingerprint density at radius 3 is 2.60 bits per heavy atom. The summed E-state index contributed by atoms with van der Waals surface area (Å²) in [5.41, 5.74) is 0. The number of nitrogens with zero attached hydrogens (tertiary/aromatic N) is 1. The van der Waals surface area contributed by atoms with E-state index >= 15 is 0 Å². The van der Waals surface area contributed by atoms with Crippen LogP contribution in [0, 0.1) is 0 Å². The first-order chi connectivity index (χ1) is 7.26. The number of hydrogen-bond acceptors (Lipinski definition) is 2. The monoisotopic (exact) mass is 243 g/mol. The second kappa shape index (κ2) is 7.15. The van der Waals surface area contributed by atoms with Crippen LogP contribution < -0.4 is 0 Å². The molecule has 15 heavy (non-hydrogen) atoms. The van der Waals surface area contributed by atoms with Crippen LogP contribution in [0.3, 0.4) is 0 Å². The van der Waals surface area contributed by atoms with Gasteiger partial charge in [0.25, 0.3) is 0 Å². The first-order valence-corrected chi connectivity index (χ1v) is 6.73. The predicted octanol–water partition coefficient (Wildman–Crippen LogP) is 3.77. The fourth-order valence-corrected chi connectivity index (χ4v) is 2.61. The Kier molecular flexibility index (Phi) is 6.15. The molecule has 1 aromatic carbocycles. The van der Waals surface area contributed by atoms with E-state index in [1.54, 1.807) is 0 Å². The van der Waals surface area contributed by atoms with E-state index in [1.165, 1.54) is 4.90 Å². The lowest BCUT2D eigenvalue weighted by Gasteiger charge is -2.17. The molecule has 0 atom stereocenters. The third-order valence-electron chi connectivity index (χ3n) is 2.37. The van der Waals surface area contributed by atoms with Crippen molar-refractivity contribution in [2.75, 3.05) is 25.4 Å². The number of hydrogen-bond donors (Lipinski definition) is 0. The summed E-state index contributed by atoms with van der Waals surface area (Å²) in [6.07, 6.45) is 0. The zero-order valence-corrected chi connectivity index (χ0v) is 10.9. The minimum Gasteiger partial charge on any atom is -0.303 e. The van der Waals surface area contributed by atoms with Gasteiger partial charge in [-0.2, -0.15) is 0 Å². The summed E-state index contributed by atoms with van der Waals surface area (Å²) in [6, 6.07) is 8.05. The summed E-state index contributed by atoms with van der Waals surface area (Å²) < 4.78 is 0. The summed E-state index contributed by atoms with van der Waals surface area (Å²) >= 11 is 7.78. The number of halogens is 1. The fraction of sp³-hybridized carbons (Fsp3) is 0.500. The number of rotatable bonds is 6. The van der Waals surface area contributed by atoms with E-state index in [2.05, 4.69) is 24.8 Å². The van der Waals surface area contributed by atoms with Crippen LogP contribution >= 0.6 is 23.4 Å². The number of benzene rings is 1. The average Bonchev–Trinajstić information content (AvgIpc) is 2.25. The minimum atomic E-state index is 0.822. The Labute approximate surface area is 102 Å². The van der Waals surface area contributed by atoms with Crippen molar-refractivity contribution in [2.24, 2.45) is 0 Å². The van der Waals surface area contributed by atoms with Gasteiger partial charge in [-0.25, -0.2) is 0 Å². The molecule has 0 spiro atoms. The first-order valence-electron chi connectivity index (χ1n) is 5.37. The Hall–Kier alpha value is -0.180. The van der Waals surface area contributed by atoms with Crippen LogP contribution in [0.5, 0.6) is 0 Å². The van der Waals surface area contributed by atoms with Crippen LogP contribution in [-0.2, 0) is 0 Å². The lowest BCUT2D eigenvalue weighted by Crippen LogP contribution is -2.25. The van der Waals surface area contributed by atoms with Gasteiger partial charge in [-0.05, 0) is 31.3 Å². The number of thioether (sulfide) groups is 1. The van der Waals surface area contributed by atoms with Gasteiger partial charge >= 0.3 is 0 Å². The molecular formula is C12H18ClNS. The maximum Gasteiger partial charge on any atom is 0.0417 e. The molecule has 0 heterocycles. The van der Waals surface area contributed by atoms with E-state index in [9.17, 15) is 0 Å². The van der Waals surface area contributed by atoms with Crippen LogP contribution in [0.4, 0.5) is 0 Å². The SMILES string of the molecule is CCN(CC)CCSc1cccc(Cl)c1. The Balaban J connectivity index is 2.31. The van der Waals surface area contributed by atoms with Crippen molar-refractivity contribution in [1.29, 1.82) is 0 Å². The van der Waals surface area contributed by atoms with Crippen molar-refractivity contribution >= 4 is 23.4 Å². The highest BCUT2D eigenvalue weighted by Crippen LogP contribution is 2.21. The largest absolute Gasteiger partial charge is 0.303 e. The van der Waals surface area contributed by atoms with Crippen molar-refractivity contribution in [3.8, 4) is 0 Å². The molecule has 84 valence electrons. The van der Waals surface area contributed by atoms with Gasteiger partial charge in [0, 0.05) is 22.2 Å². The summed E-state index contributed by atoms with van der Waals surface area (Å²) in [4.78, 5) is 3.69. The minimum absolute atomic E-state index is 0.822. The third-order valence-corrected chi connectivity index (χ3v) is 3.58. The second-order valence-corrected chi connectivity index (χ2v) is 4.94. The zero-order valence-electron chi connectivity index (χ0n) is 9.37. The molecule has 3 heteroatoms. The molecule has 0 bridgehead atoms. The molecule has 0 fully saturated rings. The van der Waals surface area contributed by atoms with E-state index in [-0.39, 0.29) is 0 Å². The molecule has 0 radical (unpaired) electrons. The van der Waals surface area contributed by atoms with Crippen molar-refractivity contribution in [3.63, 3.8) is 0 Å². The molecule has 0 saturated heterocycles. The molecule has 0 N–H and O–H groups in total. The van der Waals surface area contributed by atoms with Gasteiger partial charge in [-0.15, -0.1) is 11.8 Å². The highest BCUT2D eigenvalue weighted by Gasteiger charge is 1.99. The lowest BCUT2D eigenvalue weighted by atomic mass is 10.4. The van der Waals surface area contributed by atoms with Gasteiger partial charge in [0.15, 0.2) is 0 Å². The van der Waals surface area contributed by atoms with Crippen LogP contribution in [-0.4, -0.2) is 30.3 Å². The van der Waals surface area contributed by atoms with Crippen molar-refractivity contribution < 1.29 is 0 Å². The highest BCUT2D eigenvalue weighted by atomic mass is 35.5. The van der Waals surface area contributed by atoms with Crippen molar-refractivity contribution in [1.82, 2.24) is 4.90 Å². The maximum atomic E-state index is 5.92. The smallest absolute Gasteiger partial charge is 0.0417 e. The standard InChI is InChI=1S/C12H18ClNS/c1-3-14(4-2)8-9-15-12-7-5-6-11(13)10-12/h5-7,10H,3-4,8-9H2,1-2H3. The molecule has 0 amide bonds. The molecule has 0 aromatic heterocycles. The van der Waals surface area contributed by atoms with Crippen LogP contribution in [0.1, 0.15) is 13.8 Å². The Bertz CT molecular complexity index is 287. The quantitative estimate of drug-likeness (QED) is 0.700. The topological polar surface area (TPSA) is 3.24 Å². The van der Waals surface area contributed by atoms with E-state index < -0.39 is 0 Å². The Morgan fingerprint density at radius 2 is 2.00 bits per heavy atom. The van der Waals surface area contributed by atoms with Gasteiger partial charge < -0.3 is 4.90 Å². The van der Waals surface area contributed by atoms with E-state index in [4.69, 9.17) is 11.6 Å². The molecular weight excluding hydrogens is 226 g/mol. The molecule has 0 aliphatic rings. The lowest BCUT2D eigenvalue weighted by molar-refractivity contribution is 0.324. The molecule has 0 aliphatic carbocycles. The summed E-state index contributed by atoms with van der Waals surface area (Å²) in [5.74, 6) is 1.13. The molecule has 0 unspecified atom stereocenters. The van der Waals surface area contributed by atoms with Crippen molar-refractivity contribution in [3.05, 3.63) is 29.3 Å². The van der Waals surface area contributed by atoms with Gasteiger partial charge in [0.2, 0.25) is 0 Å². The van der Waals surface area contributed by atoms with Crippen molar-refractivity contribution in [2.45, 2.75) is 18.7 Å². The van der Waals surface area contributed by atoms with Crippen LogP contribution in [0.25, 0.3) is 0 Å². The highest BCUT2D eigenvalue weighted by molar-refractivity contribution is 7.99. The van der Waals surface area contributed by atoms with Gasteiger partial charge in [0.1, 0.15) is 0 Å². The van der Waals surface area contributed by atoms with Gasteiger partial charge in [-0.3, -0.25) is 0 Å². The second-order valence-electron chi connectivity index (χ2n) is 3.33. The maximum absolute atomic E-state index is 5.92. The zero-order chi connectivity index (χ0) is 11.1. The molecule has 0 saturated carbocycles. The van der Waals surface area contributed by atoms with E-state index in [0.717, 1.165) is 30.4 Å². The van der Waals surface area contributed by atoms with Crippen LogP contribution in [0.15, 0.2) is 29.2 Å². The molecule has 0 aliphatic heterocycles. The van der Waals surface area contributed by atoms with Gasteiger partial charge in [-0.1, -0.05) is 31.5 Å². The normalized spacial score (nSPS) is 10.9. The average molecular weight is 244 g/mol. The fourth-order valence-electron chi connectivity index (χ4n) is 1.39. The summed E-state index contributed by atoms with van der Waals surface area (Å²) in [5, 5.41) is 0.822. The summed E-state index contributed by atoms with van der Waals surface area (Å²) in [6.45, 7) is 7.81. The predicted molar refractivity (Wildman–Crippen MR) is 70.0 cm³/mol.